The lowest BCUT2D eigenvalue weighted by Crippen LogP contribution is -2.38. The molecule has 1 N–H and O–H groups in total. The third-order valence-electron chi connectivity index (χ3n) is 6.24. The van der Waals surface area contributed by atoms with E-state index in [2.05, 4.69) is 50.8 Å². The number of benzene rings is 1. The predicted octanol–water partition coefficient (Wildman–Crippen LogP) is 5.07. The Labute approximate surface area is 229 Å². The zero-order chi connectivity index (χ0) is 26.0. The van der Waals surface area contributed by atoms with Gasteiger partial charge in [0.2, 0.25) is 0 Å². The number of ether oxygens (including phenoxy) is 2. The van der Waals surface area contributed by atoms with Crippen LogP contribution >= 0.6 is 22.6 Å². The van der Waals surface area contributed by atoms with Crippen LogP contribution in [0.4, 0.5) is 5.82 Å². The smallest absolute Gasteiger partial charge is 0.138 e. The van der Waals surface area contributed by atoms with Crippen molar-refractivity contribution in [2.45, 2.75) is 38.4 Å². The summed E-state index contributed by atoms with van der Waals surface area (Å²) in [6.07, 6.45) is 7.14. The second kappa shape index (κ2) is 10.6. The van der Waals surface area contributed by atoms with Gasteiger partial charge in [0.1, 0.15) is 36.1 Å². The molecule has 1 aliphatic heterocycles. The standard InChI is InChI=1S/C28H28IN5O3/c1-28(2,35)18-36-24-13-25(27-20(14-30)16-32-34(27)17-24)19-3-8-26(31-15-19)33-11-9-23(10-12-33)37-22-6-4-21(29)5-7-22/h3-8,13,15-17,23,35H,9-12,18H2,1-2H3. The van der Waals surface area contributed by atoms with Gasteiger partial charge in [0.05, 0.1) is 29.1 Å². The monoisotopic (exact) mass is 609 g/mol. The average Bonchev–Trinajstić information content (AvgIpc) is 3.32. The first kappa shape index (κ1) is 25.3. The Morgan fingerprint density at radius 1 is 1.11 bits per heavy atom. The molecule has 1 fully saturated rings. The molecule has 1 aliphatic rings. The average molecular weight is 609 g/mol. The van der Waals surface area contributed by atoms with E-state index in [0.717, 1.165) is 48.6 Å². The summed E-state index contributed by atoms with van der Waals surface area (Å²) in [5.74, 6) is 2.38. The minimum atomic E-state index is -0.974. The summed E-state index contributed by atoms with van der Waals surface area (Å²) in [7, 11) is 0. The molecular formula is C28H28IN5O3. The lowest BCUT2D eigenvalue weighted by molar-refractivity contribution is 0.0283. The van der Waals surface area contributed by atoms with Crippen molar-refractivity contribution >= 4 is 33.9 Å². The van der Waals surface area contributed by atoms with E-state index in [1.165, 1.54) is 3.57 Å². The van der Waals surface area contributed by atoms with E-state index >= 15 is 0 Å². The zero-order valence-corrected chi connectivity index (χ0v) is 22.9. The Morgan fingerprint density at radius 3 is 2.51 bits per heavy atom. The largest absolute Gasteiger partial charge is 0.490 e. The van der Waals surface area contributed by atoms with Crippen LogP contribution in [0.5, 0.6) is 11.5 Å². The second-order valence-corrected chi connectivity index (χ2v) is 11.1. The van der Waals surface area contributed by atoms with Gasteiger partial charge in [0.25, 0.3) is 0 Å². The highest BCUT2D eigenvalue weighted by atomic mass is 127. The first-order valence-corrected chi connectivity index (χ1v) is 13.3. The summed E-state index contributed by atoms with van der Waals surface area (Å²) >= 11 is 2.29. The molecule has 1 saturated heterocycles. The summed E-state index contributed by atoms with van der Waals surface area (Å²) in [5, 5.41) is 24.0. The molecule has 9 heteroatoms. The van der Waals surface area contributed by atoms with Crippen molar-refractivity contribution < 1.29 is 14.6 Å². The van der Waals surface area contributed by atoms with E-state index in [4.69, 9.17) is 14.5 Å². The minimum absolute atomic E-state index is 0.130. The highest BCUT2D eigenvalue weighted by Gasteiger charge is 2.22. The third-order valence-corrected chi connectivity index (χ3v) is 6.96. The fraction of sp³-hybridized carbons (Fsp3) is 0.321. The van der Waals surface area contributed by atoms with Crippen LogP contribution in [0, 0.1) is 14.9 Å². The highest BCUT2D eigenvalue weighted by molar-refractivity contribution is 14.1. The van der Waals surface area contributed by atoms with Gasteiger partial charge in [0, 0.05) is 46.8 Å². The first-order chi connectivity index (χ1) is 17.8. The molecule has 0 spiro atoms. The molecule has 4 aromatic rings. The molecule has 8 nitrogen and oxygen atoms in total. The van der Waals surface area contributed by atoms with Crippen molar-refractivity contribution in [1.82, 2.24) is 14.6 Å². The molecular weight excluding hydrogens is 581 g/mol. The number of aromatic nitrogens is 3. The Kier molecular flexibility index (Phi) is 7.22. The molecule has 0 bridgehead atoms. The summed E-state index contributed by atoms with van der Waals surface area (Å²) in [5.41, 5.74) is 1.85. The van der Waals surface area contributed by atoms with E-state index in [1.807, 2.05) is 36.5 Å². The van der Waals surface area contributed by atoms with Gasteiger partial charge in [-0.1, -0.05) is 0 Å². The lowest BCUT2D eigenvalue weighted by atomic mass is 10.0. The summed E-state index contributed by atoms with van der Waals surface area (Å²) in [4.78, 5) is 7.02. The van der Waals surface area contributed by atoms with Gasteiger partial charge < -0.3 is 19.5 Å². The number of anilines is 1. The Morgan fingerprint density at radius 2 is 1.86 bits per heavy atom. The molecule has 4 heterocycles. The van der Waals surface area contributed by atoms with Gasteiger partial charge in [-0.05, 0) is 78.9 Å². The van der Waals surface area contributed by atoms with Gasteiger partial charge in [0.15, 0.2) is 0 Å². The number of aliphatic hydroxyl groups is 1. The number of rotatable bonds is 7. The molecule has 0 aliphatic carbocycles. The van der Waals surface area contributed by atoms with Gasteiger partial charge >= 0.3 is 0 Å². The predicted molar refractivity (Wildman–Crippen MR) is 150 cm³/mol. The molecule has 37 heavy (non-hydrogen) atoms. The quantitative estimate of drug-likeness (QED) is 0.293. The third kappa shape index (κ3) is 5.97. The van der Waals surface area contributed by atoms with Crippen LogP contribution in [0.1, 0.15) is 32.3 Å². The van der Waals surface area contributed by atoms with E-state index in [0.29, 0.717) is 16.8 Å². The number of piperidine rings is 1. The van der Waals surface area contributed by atoms with E-state index in [1.54, 1.807) is 30.8 Å². The Bertz CT molecular complexity index is 1410. The number of hydrogen-bond acceptors (Lipinski definition) is 7. The normalized spacial score (nSPS) is 14.5. The maximum absolute atomic E-state index is 10.1. The van der Waals surface area contributed by atoms with Crippen LogP contribution in [-0.2, 0) is 0 Å². The fourth-order valence-electron chi connectivity index (χ4n) is 4.38. The first-order valence-electron chi connectivity index (χ1n) is 12.2. The lowest BCUT2D eigenvalue weighted by Gasteiger charge is -2.33. The van der Waals surface area contributed by atoms with Gasteiger partial charge in [-0.2, -0.15) is 10.4 Å². The molecule has 3 aromatic heterocycles. The van der Waals surface area contributed by atoms with Crippen molar-refractivity contribution in [2.75, 3.05) is 24.6 Å². The number of pyridine rings is 2. The fourth-order valence-corrected chi connectivity index (χ4v) is 4.74. The summed E-state index contributed by atoms with van der Waals surface area (Å²) < 4.78 is 14.8. The highest BCUT2D eigenvalue weighted by Crippen LogP contribution is 2.32. The van der Waals surface area contributed by atoms with Crippen LogP contribution in [0.25, 0.3) is 16.6 Å². The maximum atomic E-state index is 10.1. The molecule has 0 radical (unpaired) electrons. The van der Waals surface area contributed by atoms with Gasteiger partial charge in [-0.25, -0.2) is 9.50 Å². The second-order valence-electron chi connectivity index (χ2n) is 9.82. The van der Waals surface area contributed by atoms with Crippen LogP contribution in [0.3, 0.4) is 0 Å². The van der Waals surface area contributed by atoms with Crippen LogP contribution in [0.15, 0.2) is 61.1 Å². The van der Waals surface area contributed by atoms with Crippen molar-refractivity contribution in [3.05, 3.63) is 70.2 Å². The van der Waals surface area contributed by atoms with Gasteiger partial charge in [-0.15, -0.1) is 0 Å². The van der Waals surface area contributed by atoms with Crippen molar-refractivity contribution in [3.63, 3.8) is 0 Å². The Balaban J connectivity index is 1.32. The number of fused-ring (bicyclic) bond motifs is 1. The maximum Gasteiger partial charge on any atom is 0.138 e. The van der Waals surface area contributed by atoms with Crippen molar-refractivity contribution in [3.8, 4) is 28.7 Å². The van der Waals surface area contributed by atoms with Crippen LogP contribution < -0.4 is 14.4 Å². The number of nitriles is 1. The zero-order valence-electron chi connectivity index (χ0n) is 20.8. The number of hydrogen-bond donors (Lipinski definition) is 1. The number of nitrogens with zero attached hydrogens (tertiary/aromatic N) is 5. The Hall–Kier alpha value is -3.36. The van der Waals surface area contributed by atoms with E-state index in [-0.39, 0.29) is 12.7 Å². The topological polar surface area (TPSA) is 95.9 Å². The van der Waals surface area contributed by atoms with Gasteiger partial charge in [-0.3, -0.25) is 0 Å². The van der Waals surface area contributed by atoms with Crippen molar-refractivity contribution in [1.29, 1.82) is 5.26 Å². The summed E-state index contributed by atoms with van der Waals surface area (Å²) in [6.45, 7) is 5.24. The molecule has 190 valence electrons. The molecule has 0 unspecified atom stereocenters. The molecule has 0 atom stereocenters. The minimum Gasteiger partial charge on any atom is -0.490 e. The molecule has 0 amide bonds. The summed E-state index contributed by atoms with van der Waals surface area (Å²) in [6, 6.07) is 16.3. The molecule has 0 saturated carbocycles. The number of halogens is 1. The molecule has 1 aromatic carbocycles. The van der Waals surface area contributed by atoms with Crippen molar-refractivity contribution in [2.24, 2.45) is 0 Å². The van der Waals surface area contributed by atoms with E-state index < -0.39 is 5.60 Å². The van der Waals surface area contributed by atoms with Crippen LogP contribution in [-0.4, -0.2) is 51.1 Å². The molecule has 5 rings (SSSR count). The SMILES string of the molecule is CC(C)(O)COc1cc(-c2ccc(N3CCC(Oc4ccc(I)cc4)CC3)nc2)c2c(C#N)cnn2c1. The van der Waals surface area contributed by atoms with E-state index in [9.17, 15) is 10.4 Å². The van der Waals surface area contributed by atoms with Crippen LogP contribution in [0.2, 0.25) is 0 Å².